The highest BCUT2D eigenvalue weighted by Crippen LogP contribution is 2.31. The number of nitrogens with one attached hydrogen (secondary N) is 1. The van der Waals surface area contributed by atoms with E-state index < -0.39 is 0 Å². The molecule has 1 aromatic rings. The van der Waals surface area contributed by atoms with E-state index in [1.807, 2.05) is 31.9 Å². The number of halogens is 1. The third-order valence-electron chi connectivity index (χ3n) is 3.76. The Kier molecular flexibility index (Phi) is 4.96. The van der Waals surface area contributed by atoms with Crippen molar-refractivity contribution in [3.63, 3.8) is 0 Å². The molecule has 20 heavy (non-hydrogen) atoms. The molecule has 0 bridgehead atoms. The van der Waals surface area contributed by atoms with Gasteiger partial charge in [0.25, 0.3) is 0 Å². The predicted molar refractivity (Wildman–Crippen MR) is 77.5 cm³/mol. The minimum absolute atomic E-state index is 0.0294. The lowest BCUT2D eigenvalue weighted by Gasteiger charge is -2.39. The lowest BCUT2D eigenvalue weighted by atomic mass is 10.0. The van der Waals surface area contributed by atoms with Gasteiger partial charge in [-0.3, -0.25) is 0 Å². The first-order valence-corrected chi connectivity index (χ1v) is 7.03. The highest BCUT2D eigenvalue weighted by Gasteiger charge is 2.28. The fourth-order valence-electron chi connectivity index (χ4n) is 2.70. The number of para-hydroxylation sites is 1. The lowest BCUT2D eigenvalue weighted by Crippen LogP contribution is -2.48. The molecule has 0 saturated carbocycles. The second-order valence-electron chi connectivity index (χ2n) is 5.34. The zero-order chi connectivity index (χ0) is 14.7. The van der Waals surface area contributed by atoms with Crippen LogP contribution >= 0.6 is 0 Å². The summed E-state index contributed by atoms with van der Waals surface area (Å²) in [5.41, 5.74) is 1.54. The molecule has 3 unspecified atom stereocenters. The van der Waals surface area contributed by atoms with E-state index in [9.17, 15) is 9.50 Å². The molecule has 5 heteroatoms. The van der Waals surface area contributed by atoms with Crippen LogP contribution in [0.2, 0.25) is 0 Å². The van der Waals surface area contributed by atoms with Crippen molar-refractivity contribution in [3.05, 3.63) is 29.6 Å². The second-order valence-corrected chi connectivity index (χ2v) is 5.34. The SMILES string of the molecule is CNC(C)c1cccc(F)c1N1CC(C)OC(CO)C1. The molecule has 0 aliphatic carbocycles. The summed E-state index contributed by atoms with van der Waals surface area (Å²) in [6.07, 6.45) is -0.297. The molecule has 4 nitrogen and oxygen atoms in total. The fourth-order valence-corrected chi connectivity index (χ4v) is 2.70. The normalized spacial score (nSPS) is 24.8. The summed E-state index contributed by atoms with van der Waals surface area (Å²) in [4.78, 5) is 1.98. The van der Waals surface area contributed by atoms with Gasteiger partial charge in [0.1, 0.15) is 5.82 Å². The summed E-state index contributed by atoms with van der Waals surface area (Å²) in [6.45, 7) is 5.03. The molecule has 1 saturated heterocycles. The Bertz CT molecular complexity index is 455. The zero-order valence-corrected chi connectivity index (χ0v) is 12.3. The molecule has 112 valence electrons. The quantitative estimate of drug-likeness (QED) is 0.882. The van der Waals surface area contributed by atoms with Crippen molar-refractivity contribution >= 4 is 5.69 Å². The maximum Gasteiger partial charge on any atom is 0.146 e. The van der Waals surface area contributed by atoms with Crippen LogP contribution in [0.3, 0.4) is 0 Å². The van der Waals surface area contributed by atoms with Crippen LogP contribution in [-0.2, 0) is 4.74 Å². The third-order valence-corrected chi connectivity index (χ3v) is 3.76. The van der Waals surface area contributed by atoms with E-state index in [1.54, 1.807) is 6.07 Å². The smallest absolute Gasteiger partial charge is 0.146 e. The van der Waals surface area contributed by atoms with Crippen LogP contribution in [0.15, 0.2) is 18.2 Å². The Hall–Kier alpha value is -1.17. The van der Waals surface area contributed by atoms with Crippen LogP contribution in [0.5, 0.6) is 0 Å². The van der Waals surface area contributed by atoms with Gasteiger partial charge in [-0.05, 0) is 32.5 Å². The number of morpholine rings is 1. The van der Waals surface area contributed by atoms with E-state index in [-0.39, 0.29) is 30.7 Å². The molecule has 1 aliphatic rings. The molecular formula is C15H23FN2O2. The Morgan fingerprint density at radius 3 is 2.90 bits per heavy atom. The molecule has 1 aliphatic heterocycles. The van der Waals surface area contributed by atoms with E-state index >= 15 is 0 Å². The number of hydrogen-bond donors (Lipinski definition) is 2. The van der Waals surface area contributed by atoms with Gasteiger partial charge in [0.05, 0.1) is 24.5 Å². The van der Waals surface area contributed by atoms with Gasteiger partial charge in [-0.25, -0.2) is 4.39 Å². The number of ether oxygens (including phenoxy) is 1. The number of rotatable bonds is 4. The fraction of sp³-hybridized carbons (Fsp3) is 0.600. The Labute approximate surface area is 119 Å². The van der Waals surface area contributed by atoms with Gasteiger partial charge in [0.2, 0.25) is 0 Å². The molecule has 0 amide bonds. The average molecular weight is 282 g/mol. The topological polar surface area (TPSA) is 44.7 Å². The Balaban J connectivity index is 2.35. The number of benzene rings is 1. The number of aliphatic hydroxyl groups is 1. The molecule has 1 heterocycles. The van der Waals surface area contributed by atoms with Crippen molar-refractivity contribution in [2.24, 2.45) is 0 Å². The minimum atomic E-state index is -0.268. The Morgan fingerprint density at radius 1 is 1.50 bits per heavy atom. The summed E-state index contributed by atoms with van der Waals surface area (Å²) in [6, 6.07) is 5.21. The first-order valence-electron chi connectivity index (χ1n) is 7.03. The maximum absolute atomic E-state index is 14.3. The summed E-state index contributed by atoms with van der Waals surface area (Å²) < 4.78 is 19.9. The highest BCUT2D eigenvalue weighted by atomic mass is 19.1. The van der Waals surface area contributed by atoms with Crippen molar-refractivity contribution in [2.75, 3.05) is 31.6 Å². The van der Waals surface area contributed by atoms with Gasteiger partial charge in [0.15, 0.2) is 0 Å². The molecular weight excluding hydrogens is 259 g/mol. The predicted octanol–water partition coefficient (Wildman–Crippen LogP) is 1.69. The summed E-state index contributed by atoms with van der Waals surface area (Å²) in [5, 5.41) is 12.5. The van der Waals surface area contributed by atoms with Crippen LogP contribution in [0, 0.1) is 5.82 Å². The average Bonchev–Trinajstić information content (AvgIpc) is 2.45. The lowest BCUT2D eigenvalue weighted by molar-refractivity contribution is -0.0423. The van der Waals surface area contributed by atoms with Gasteiger partial charge in [-0.1, -0.05) is 12.1 Å². The number of anilines is 1. The van der Waals surface area contributed by atoms with E-state index in [0.29, 0.717) is 18.8 Å². The van der Waals surface area contributed by atoms with Crippen LogP contribution in [0.4, 0.5) is 10.1 Å². The number of hydrogen-bond acceptors (Lipinski definition) is 4. The van der Waals surface area contributed by atoms with Crippen molar-refractivity contribution in [3.8, 4) is 0 Å². The zero-order valence-electron chi connectivity index (χ0n) is 12.3. The monoisotopic (exact) mass is 282 g/mol. The largest absolute Gasteiger partial charge is 0.394 e. The summed E-state index contributed by atoms with van der Waals surface area (Å²) in [5.74, 6) is -0.226. The van der Waals surface area contributed by atoms with Crippen LogP contribution in [-0.4, -0.2) is 44.1 Å². The summed E-state index contributed by atoms with van der Waals surface area (Å²) >= 11 is 0. The number of aliphatic hydroxyl groups excluding tert-OH is 1. The van der Waals surface area contributed by atoms with Gasteiger partial charge in [-0.2, -0.15) is 0 Å². The first kappa shape index (κ1) is 15.2. The standard InChI is InChI=1S/C15H23FN2O2/c1-10-7-18(8-12(9-19)20-10)15-13(11(2)17-3)5-4-6-14(15)16/h4-6,10-12,17,19H,7-9H2,1-3H3. The molecule has 3 atom stereocenters. The molecule has 2 rings (SSSR count). The molecule has 1 fully saturated rings. The van der Waals surface area contributed by atoms with Crippen molar-refractivity contribution < 1.29 is 14.2 Å². The summed E-state index contributed by atoms with van der Waals surface area (Å²) in [7, 11) is 1.86. The van der Waals surface area contributed by atoms with Gasteiger partial charge in [-0.15, -0.1) is 0 Å². The van der Waals surface area contributed by atoms with Crippen LogP contribution < -0.4 is 10.2 Å². The highest BCUT2D eigenvalue weighted by molar-refractivity contribution is 5.56. The number of nitrogens with zero attached hydrogens (tertiary/aromatic N) is 1. The van der Waals surface area contributed by atoms with Gasteiger partial charge < -0.3 is 20.1 Å². The van der Waals surface area contributed by atoms with Crippen molar-refractivity contribution in [1.29, 1.82) is 0 Å². The Morgan fingerprint density at radius 2 is 2.25 bits per heavy atom. The first-order chi connectivity index (χ1) is 9.56. The van der Waals surface area contributed by atoms with Crippen molar-refractivity contribution in [1.82, 2.24) is 5.32 Å². The van der Waals surface area contributed by atoms with Crippen LogP contribution in [0.1, 0.15) is 25.5 Å². The molecule has 1 aromatic carbocycles. The molecule has 2 N–H and O–H groups in total. The van der Waals surface area contributed by atoms with E-state index in [4.69, 9.17) is 4.74 Å². The minimum Gasteiger partial charge on any atom is -0.394 e. The van der Waals surface area contributed by atoms with Gasteiger partial charge >= 0.3 is 0 Å². The van der Waals surface area contributed by atoms with E-state index in [1.165, 1.54) is 6.07 Å². The second kappa shape index (κ2) is 6.52. The third kappa shape index (κ3) is 3.11. The van der Waals surface area contributed by atoms with Gasteiger partial charge in [0, 0.05) is 19.1 Å². The maximum atomic E-state index is 14.3. The van der Waals surface area contributed by atoms with Crippen LogP contribution in [0.25, 0.3) is 0 Å². The van der Waals surface area contributed by atoms with E-state index in [2.05, 4.69) is 5.32 Å². The molecule has 0 radical (unpaired) electrons. The van der Waals surface area contributed by atoms with Crippen molar-refractivity contribution in [2.45, 2.75) is 32.1 Å². The molecule has 0 aromatic heterocycles. The molecule has 0 spiro atoms. The van der Waals surface area contributed by atoms with E-state index in [0.717, 1.165) is 5.56 Å².